The lowest BCUT2D eigenvalue weighted by Crippen LogP contribution is -2.27. The Morgan fingerprint density at radius 3 is 1.13 bits per heavy atom. The molecule has 0 aliphatic heterocycles. The molecule has 0 aliphatic rings. The summed E-state index contributed by atoms with van der Waals surface area (Å²) in [6, 6.07) is 18.5. The first-order chi connectivity index (χ1) is 17.9. The van der Waals surface area contributed by atoms with Crippen LogP contribution in [-0.4, -0.2) is 32.2 Å². The minimum atomic E-state index is -6.05. The predicted octanol–water partition coefficient (Wildman–Crippen LogP) is 8.11. The summed E-state index contributed by atoms with van der Waals surface area (Å²) in [5.41, 5.74) is -6.71. The minimum Gasteiger partial charge on any atom is -0.497 e. The molecule has 0 saturated heterocycles. The van der Waals surface area contributed by atoms with Gasteiger partial charge in [-0.25, -0.2) is 0 Å². The quantitative estimate of drug-likeness (QED) is 0.248. The van der Waals surface area contributed by atoms with Gasteiger partial charge in [-0.2, -0.15) is 25.2 Å². The lowest BCUT2D eigenvalue weighted by atomic mass is 10.2. The summed E-state index contributed by atoms with van der Waals surface area (Å²) in [4.78, 5) is 0.641. The maximum Gasteiger partial charge on any atom is 0.524 e. The van der Waals surface area contributed by atoms with Crippen molar-refractivity contribution in [1.29, 1.82) is 0 Å². The molecule has 0 amide bonds. The van der Waals surface area contributed by atoms with Crippen LogP contribution >= 0.6 is 10.3 Å². The van der Waals surface area contributed by atoms with Crippen molar-refractivity contribution in [3.63, 3.8) is 0 Å². The number of rotatable bonds is 8. The number of alkyl halides is 3. The summed E-state index contributed by atoms with van der Waals surface area (Å²) in [5, 5.41) is 0. The van der Waals surface area contributed by atoms with Crippen molar-refractivity contribution >= 4 is 20.4 Å². The first-order valence-corrected chi connectivity index (χ1v) is 14.9. The lowest BCUT2D eigenvalue weighted by molar-refractivity contribution is -0.0496. The highest BCUT2D eigenvalue weighted by Crippen LogP contribution is 2.71. The van der Waals surface area contributed by atoms with Crippen LogP contribution in [-0.2, 0) is 13.7 Å². The molecule has 3 aromatic rings. The highest BCUT2D eigenvalue weighted by Gasteiger charge is 2.52. The molecule has 214 valence electrons. The summed E-state index contributed by atoms with van der Waals surface area (Å²) in [6.45, 7) is 11.1. The number of hydrogen-bond acceptors (Lipinski definition) is 6. The Bertz CT molecular complexity index is 1300. The zero-order valence-corrected chi connectivity index (χ0v) is 24.5. The van der Waals surface area contributed by atoms with Gasteiger partial charge >= 0.3 is 15.6 Å². The summed E-state index contributed by atoms with van der Waals surface area (Å²) in [5.74, 6) is 1.36. The van der Waals surface area contributed by atoms with Crippen LogP contribution in [0.2, 0.25) is 0 Å². The van der Waals surface area contributed by atoms with Gasteiger partial charge in [-0.05, 0) is 125 Å². The Morgan fingerprint density at radius 2 is 0.872 bits per heavy atom. The van der Waals surface area contributed by atoms with E-state index < -0.39 is 37.1 Å². The van der Waals surface area contributed by atoms with E-state index in [2.05, 4.69) is 0 Å². The van der Waals surface area contributed by atoms with E-state index in [9.17, 15) is 21.6 Å². The zero-order chi connectivity index (χ0) is 29.3. The van der Waals surface area contributed by atoms with E-state index in [0.717, 1.165) is 0 Å². The van der Waals surface area contributed by atoms with Crippen LogP contribution in [0.4, 0.5) is 13.2 Å². The third kappa shape index (κ3) is 7.40. The SMILES string of the molecule is COc1ccc(S(OS(=O)(=O)C(F)(F)F)(c2ccc(OC(C)(C)C)cc2)c2ccc(OC(C)(C)C)cc2)cc1. The fourth-order valence-electron chi connectivity index (χ4n) is 3.57. The van der Waals surface area contributed by atoms with E-state index in [4.69, 9.17) is 17.8 Å². The van der Waals surface area contributed by atoms with Gasteiger partial charge in [0.25, 0.3) is 0 Å². The number of benzene rings is 3. The second-order valence-electron chi connectivity index (χ2n) is 10.6. The standard InChI is InChI=1S/C28H33F3O6S2/c1-26(2,3)35-21-10-16-24(17-11-21)38(37-39(32,33)28(29,30)31,23-14-8-20(34-7)9-15-23)25-18-12-22(13-19-25)36-27(4,5)6/h8-19H,1-7H3. The molecule has 3 aromatic carbocycles. The molecule has 39 heavy (non-hydrogen) atoms. The number of methoxy groups -OCH3 is 1. The summed E-state index contributed by atoms with van der Waals surface area (Å²) < 4.78 is 88.8. The summed E-state index contributed by atoms with van der Waals surface area (Å²) in [6.07, 6.45) is 0. The fourth-order valence-corrected chi connectivity index (χ4v) is 8.27. The minimum absolute atomic E-state index is 0.213. The molecule has 6 nitrogen and oxygen atoms in total. The molecule has 0 bridgehead atoms. The molecule has 3 rings (SSSR count). The van der Waals surface area contributed by atoms with Gasteiger partial charge in [-0.1, -0.05) is 0 Å². The Hall–Kier alpha value is -2.89. The number of ether oxygens (including phenoxy) is 3. The van der Waals surface area contributed by atoms with Gasteiger partial charge < -0.3 is 14.2 Å². The fraction of sp³-hybridized carbons (Fsp3) is 0.357. The topological polar surface area (TPSA) is 71.1 Å². The molecule has 0 atom stereocenters. The van der Waals surface area contributed by atoms with Crippen molar-refractivity contribution in [2.24, 2.45) is 0 Å². The van der Waals surface area contributed by atoms with Crippen LogP contribution in [0, 0.1) is 0 Å². The van der Waals surface area contributed by atoms with Gasteiger partial charge in [0, 0.05) is 14.7 Å². The Kier molecular flexibility index (Phi) is 8.60. The van der Waals surface area contributed by atoms with Crippen molar-refractivity contribution in [2.45, 2.75) is 72.9 Å². The lowest BCUT2D eigenvalue weighted by Gasteiger charge is -2.39. The number of halogens is 3. The van der Waals surface area contributed by atoms with Crippen molar-refractivity contribution in [3.8, 4) is 17.2 Å². The van der Waals surface area contributed by atoms with Crippen molar-refractivity contribution in [2.75, 3.05) is 7.11 Å². The van der Waals surface area contributed by atoms with Gasteiger partial charge in [-0.3, -0.25) is 0 Å². The Balaban J connectivity index is 2.32. The third-order valence-corrected chi connectivity index (χ3v) is 9.93. The maximum atomic E-state index is 13.8. The van der Waals surface area contributed by atoms with Crippen LogP contribution in [0.3, 0.4) is 0 Å². The molecule has 0 spiro atoms. The van der Waals surface area contributed by atoms with E-state index in [1.54, 1.807) is 24.3 Å². The zero-order valence-electron chi connectivity index (χ0n) is 22.8. The number of hydrogen-bond donors (Lipinski definition) is 0. The second kappa shape index (κ2) is 10.9. The molecule has 0 heterocycles. The molecule has 0 aromatic heterocycles. The van der Waals surface area contributed by atoms with Crippen LogP contribution < -0.4 is 14.2 Å². The van der Waals surface area contributed by atoms with E-state index in [0.29, 0.717) is 17.2 Å². The molecule has 0 unspecified atom stereocenters. The predicted molar refractivity (Wildman–Crippen MR) is 145 cm³/mol. The monoisotopic (exact) mass is 586 g/mol. The maximum absolute atomic E-state index is 13.8. The molecular weight excluding hydrogens is 553 g/mol. The van der Waals surface area contributed by atoms with Crippen LogP contribution in [0.1, 0.15) is 41.5 Å². The van der Waals surface area contributed by atoms with E-state index in [1.165, 1.54) is 55.6 Å². The van der Waals surface area contributed by atoms with Gasteiger partial charge in [-0.15, -0.1) is 0 Å². The highest BCUT2D eigenvalue weighted by molar-refractivity contribution is 8.33. The van der Waals surface area contributed by atoms with Crippen molar-refractivity contribution in [3.05, 3.63) is 72.8 Å². The molecule has 0 fully saturated rings. The largest absolute Gasteiger partial charge is 0.524 e. The van der Waals surface area contributed by atoms with Crippen molar-refractivity contribution in [1.82, 2.24) is 0 Å². The Morgan fingerprint density at radius 1 is 0.564 bits per heavy atom. The van der Waals surface area contributed by atoms with Gasteiger partial charge in [0.15, 0.2) is 0 Å². The summed E-state index contributed by atoms with van der Waals surface area (Å²) >= 11 is 0. The highest BCUT2D eigenvalue weighted by atomic mass is 32.3. The van der Waals surface area contributed by atoms with Gasteiger partial charge in [0.2, 0.25) is 0 Å². The average Bonchev–Trinajstić information content (AvgIpc) is 2.81. The van der Waals surface area contributed by atoms with E-state index >= 15 is 0 Å². The second-order valence-corrected chi connectivity index (χ2v) is 15.0. The molecule has 0 N–H and O–H groups in total. The smallest absolute Gasteiger partial charge is 0.497 e. The molecule has 0 aliphatic carbocycles. The molecule has 0 saturated carbocycles. The van der Waals surface area contributed by atoms with E-state index in [1.807, 2.05) is 41.5 Å². The normalized spacial score (nSPS) is 13.6. The van der Waals surface area contributed by atoms with Gasteiger partial charge in [0.1, 0.15) is 28.5 Å². The van der Waals surface area contributed by atoms with Crippen LogP contribution in [0.25, 0.3) is 0 Å². The van der Waals surface area contributed by atoms with Crippen molar-refractivity contribution < 1.29 is 39.4 Å². The van der Waals surface area contributed by atoms with Crippen LogP contribution in [0.15, 0.2) is 87.5 Å². The molecule has 11 heteroatoms. The first-order valence-electron chi connectivity index (χ1n) is 11.9. The third-order valence-electron chi connectivity index (χ3n) is 5.03. The average molecular weight is 587 g/mol. The Labute approximate surface area is 229 Å². The van der Waals surface area contributed by atoms with Gasteiger partial charge in [0.05, 0.1) is 7.11 Å². The summed E-state index contributed by atoms with van der Waals surface area (Å²) in [7, 11) is -8.10. The van der Waals surface area contributed by atoms with Crippen LogP contribution in [0.5, 0.6) is 17.2 Å². The first kappa shape index (κ1) is 30.6. The van der Waals surface area contributed by atoms with E-state index in [-0.39, 0.29) is 14.7 Å². The molecular formula is C28H33F3O6S2. The molecule has 0 radical (unpaired) electrons.